The van der Waals surface area contributed by atoms with Crippen LogP contribution in [0.15, 0.2) is 24.3 Å². The van der Waals surface area contributed by atoms with E-state index in [0.29, 0.717) is 85.6 Å². The fraction of sp³-hybridized carbons (Fsp3) is 0.660. The molecule has 0 aromatic heterocycles. The number of imide groups is 1. The maximum Gasteiger partial charge on any atom is 0.408 e. The van der Waals surface area contributed by atoms with Crippen molar-refractivity contribution in [1.82, 2.24) is 20.0 Å². The van der Waals surface area contributed by atoms with Gasteiger partial charge >= 0.3 is 18.0 Å². The molecule has 3 heterocycles. The minimum absolute atomic E-state index is 0.0478. The Morgan fingerprint density at radius 3 is 1.15 bits per heavy atom. The molecule has 0 bridgehead atoms. The Labute approximate surface area is 432 Å². The summed E-state index contributed by atoms with van der Waals surface area (Å²) >= 11 is 0. The van der Waals surface area contributed by atoms with Gasteiger partial charge in [-0.15, -0.1) is 0 Å². The number of alkyl carbamates (subject to hydrolysis) is 1. The van der Waals surface area contributed by atoms with Crippen LogP contribution in [-0.2, 0) is 52.1 Å². The molecule has 3 aliphatic heterocycles. The zero-order valence-electron chi connectivity index (χ0n) is 43.4. The average Bonchev–Trinajstić information content (AvgIpc) is 3.61. The van der Waals surface area contributed by atoms with Crippen molar-refractivity contribution in [3.63, 3.8) is 0 Å². The molecule has 0 spiro atoms. The van der Waals surface area contributed by atoms with Gasteiger partial charge < -0.3 is 76.4 Å². The van der Waals surface area contributed by atoms with Gasteiger partial charge in [0.15, 0.2) is 23.0 Å². The van der Waals surface area contributed by atoms with Crippen LogP contribution in [-0.4, -0.2) is 242 Å². The Kier molecular flexibility index (Phi) is 26.4. The third-order valence-electron chi connectivity index (χ3n) is 11.1. The first-order valence-corrected chi connectivity index (χ1v) is 24.8. The van der Waals surface area contributed by atoms with E-state index in [1.807, 2.05) is 9.80 Å². The van der Waals surface area contributed by atoms with Gasteiger partial charge in [0.1, 0.15) is 32.0 Å². The summed E-state index contributed by atoms with van der Waals surface area (Å²) in [6.45, 7) is 13.2. The van der Waals surface area contributed by atoms with Crippen molar-refractivity contribution < 1.29 is 95.0 Å². The van der Waals surface area contributed by atoms with Crippen molar-refractivity contribution in [2.75, 3.05) is 192 Å². The molecule has 0 aliphatic carbocycles. The summed E-state index contributed by atoms with van der Waals surface area (Å²) < 4.78 is 85.2. The number of rotatable bonds is 7. The van der Waals surface area contributed by atoms with Crippen LogP contribution in [0.1, 0.15) is 62.2 Å². The Hall–Kier alpha value is -5.41. The van der Waals surface area contributed by atoms with Gasteiger partial charge in [0.25, 0.3) is 11.8 Å². The fourth-order valence-corrected chi connectivity index (χ4v) is 7.31. The molecule has 5 rings (SSSR count). The first-order chi connectivity index (χ1) is 35.9. The molecule has 74 heavy (non-hydrogen) atoms. The van der Waals surface area contributed by atoms with Crippen LogP contribution in [0.25, 0.3) is 0 Å². The lowest BCUT2D eigenvalue weighted by atomic mass is 10.1. The van der Waals surface area contributed by atoms with Crippen molar-refractivity contribution in [3.8, 4) is 23.0 Å². The van der Waals surface area contributed by atoms with Crippen molar-refractivity contribution in [2.24, 2.45) is 0 Å². The standard InChI is InChI=1S/C50H74N4O20/c1-50(2,3)74-49(59)51-36-53-10-14-64-18-22-68-24-28-70-41-32-37-38(33-42(41)71-29-25-69-23-19-65-15-11-53)46(56)54(45(37)55)7-6-52-8-12-62-16-20-66-26-30-72-43-34-39(47(57)60-4)40(48(58)61-5)35-44(43)73-31-27-67-21-17-63-13-9-52/h32-35H,6-31,36H2,1-5H3,(H,51,59). The second kappa shape index (κ2) is 32.8. The SMILES string of the molecule is COC(=O)c1cc2c(cc1C(=O)OC)OCCOCCOCCN(CCN1C(=O)c3cc4c(cc3C1=O)OCCOCCOCCN(CNC(=O)OC(C)(C)C)CCOCCOCCO4)CCOCCOCCO2. The van der Waals surface area contributed by atoms with Gasteiger partial charge in [-0.3, -0.25) is 24.3 Å². The molecule has 2 aromatic carbocycles. The van der Waals surface area contributed by atoms with E-state index in [-0.39, 0.29) is 138 Å². The van der Waals surface area contributed by atoms with Crippen molar-refractivity contribution in [1.29, 1.82) is 0 Å². The van der Waals surface area contributed by atoms with Crippen molar-refractivity contribution >= 4 is 29.8 Å². The number of carbonyl (C=O) groups excluding carboxylic acids is 5. The number of methoxy groups -OCH3 is 2. The third-order valence-corrected chi connectivity index (χ3v) is 11.1. The molecule has 0 atom stereocenters. The molecular weight excluding hydrogens is 977 g/mol. The number of nitrogens with one attached hydrogen (secondary N) is 1. The van der Waals surface area contributed by atoms with Crippen LogP contribution in [0.2, 0.25) is 0 Å². The molecule has 0 saturated heterocycles. The summed E-state index contributed by atoms with van der Waals surface area (Å²) in [4.78, 5) is 70.3. The lowest BCUT2D eigenvalue weighted by molar-refractivity contribution is 0.0151. The summed E-state index contributed by atoms with van der Waals surface area (Å²) in [6, 6.07) is 5.80. The maximum absolute atomic E-state index is 13.9. The van der Waals surface area contributed by atoms with Gasteiger partial charge in [-0.1, -0.05) is 0 Å². The van der Waals surface area contributed by atoms with E-state index in [2.05, 4.69) is 5.32 Å². The molecule has 1 N–H and O–H groups in total. The largest absolute Gasteiger partial charge is 0.487 e. The maximum atomic E-state index is 13.9. The van der Waals surface area contributed by atoms with Gasteiger partial charge in [0.2, 0.25) is 0 Å². The van der Waals surface area contributed by atoms with E-state index in [9.17, 15) is 24.0 Å². The second-order valence-corrected chi connectivity index (χ2v) is 17.5. The number of hydrogen-bond acceptors (Lipinski definition) is 22. The first-order valence-electron chi connectivity index (χ1n) is 24.8. The normalized spacial score (nSPS) is 19.2. The molecule has 0 radical (unpaired) electrons. The number of nitrogens with zero attached hydrogens (tertiary/aromatic N) is 3. The number of amides is 3. The quantitative estimate of drug-likeness (QED) is 0.238. The zero-order chi connectivity index (χ0) is 53.0. The highest BCUT2D eigenvalue weighted by Crippen LogP contribution is 2.36. The van der Waals surface area contributed by atoms with Crippen LogP contribution >= 0.6 is 0 Å². The number of ether oxygens (including phenoxy) is 15. The molecule has 0 saturated carbocycles. The minimum atomic E-state index is -0.750. The topological polar surface area (TPSA) is 246 Å². The third kappa shape index (κ3) is 20.7. The minimum Gasteiger partial charge on any atom is -0.487 e. The van der Waals surface area contributed by atoms with E-state index < -0.39 is 35.4 Å². The summed E-state index contributed by atoms with van der Waals surface area (Å²) in [5.74, 6) is -1.44. The number of fused-ring (bicyclic) bond motifs is 3. The number of hydrogen-bond donors (Lipinski definition) is 1. The Bertz CT molecular complexity index is 1950. The highest BCUT2D eigenvalue weighted by atomic mass is 16.6. The van der Waals surface area contributed by atoms with Crippen molar-refractivity contribution in [3.05, 3.63) is 46.5 Å². The summed E-state index contributed by atoms with van der Waals surface area (Å²) in [5, 5.41) is 2.78. The van der Waals surface area contributed by atoms with E-state index >= 15 is 0 Å². The monoisotopic (exact) mass is 1050 g/mol. The molecular formula is C50H74N4O20. The lowest BCUT2D eigenvalue weighted by Gasteiger charge is -2.24. The molecule has 24 nitrogen and oxygen atoms in total. The molecule has 3 amide bonds. The molecule has 0 fully saturated rings. The lowest BCUT2D eigenvalue weighted by Crippen LogP contribution is -2.43. The zero-order valence-corrected chi connectivity index (χ0v) is 43.4. The predicted octanol–water partition coefficient (Wildman–Crippen LogP) is 2.32. The van der Waals surface area contributed by atoms with Crippen molar-refractivity contribution in [2.45, 2.75) is 26.4 Å². The first kappa shape index (κ1) is 59.5. The Morgan fingerprint density at radius 1 is 0.473 bits per heavy atom. The summed E-state index contributed by atoms with van der Waals surface area (Å²) in [6.07, 6.45) is -0.510. The van der Waals surface area contributed by atoms with E-state index in [1.165, 1.54) is 43.4 Å². The molecule has 0 unspecified atom stereocenters. The van der Waals surface area contributed by atoms with Crippen LogP contribution in [0.4, 0.5) is 4.79 Å². The highest BCUT2D eigenvalue weighted by molar-refractivity contribution is 6.21. The molecule has 414 valence electrons. The molecule has 24 heteroatoms. The Morgan fingerprint density at radius 2 is 0.797 bits per heavy atom. The molecule has 3 aliphatic rings. The van der Waals surface area contributed by atoms with Gasteiger partial charge in [-0.25, -0.2) is 14.4 Å². The van der Waals surface area contributed by atoms with Gasteiger partial charge in [0, 0.05) is 39.3 Å². The number of esters is 2. The van der Waals surface area contributed by atoms with Gasteiger partial charge in [0.05, 0.1) is 149 Å². The predicted molar refractivity (Wildman–Crippen MR) is 262 cm³/mol. The van der Waals surface area contributed by atoms with Gasteiger partial charge in [-0.2, -0.15) is 0 Å². The fourth-order valence-electron chi connectivity index (χ4n) is 7.31. The Balaban J connectivity index is 1.12. The smallest absolute Gasteiger partial charge is 0.408 e. The second-order valence-electron chi connectivity index (χ2n) is 17.5. The summed E-state index contributed by atoms with van der Waals surface area (Å²) in [5.41, 5.74) is -0.308. The van der Waals surface area contributed by atoms with Crippen LogP contribution in [0.3, 0.4) is 0 Å². The molecule has 2 aromatic rings. The van der Waals surface area contributed by atoms with E-state index in [0.717, 1.165) is 0 Å². The van der Waals surface area contributed by atoms with E-state index in [1.54, 1.807) is 20.8 Å². The van der Waals surface area contributed by atoms with E-state index in [4.69, 9.17) is 71.1 Å². The number of carbonyl (C=O) groups is 5. The summed E-state index contributed by atoms with van der Waals surface area (Å²) in [7, 11) is 2.41. The van der Waals surface area contributed by atoms with Crippen LogP contribution in [0, 0.1) is 0 Å². The van der Waals surface area contributed by atoms with Crippen LogP contribution < -0.4 is 24.3 Å². The average molecular weight is 1050 g/mol. The number of benzene rings is 2. The van der Waals surface area contributed by atoms with Gasteiger partial charge in [-0.05, 0) is 45.0 Å². The van der Waals surface area contributed by atoms with Crippen LogP contribution in [0.5, 0.6) is 23.0 Å². The highest BCUT2D eigenvalue weighted by Gasteiger charge is 2.37.